The quantitative estimate of drug-likeness (QED) is 0.502. The van der Waals surface area contributed by atoms with Crippen molar-refractivity contribution in [2.24, 2.45) is 0 Å². The average Bonchev–Trinajstić information content (AvgIpc) is 2.59. The fourth-order valence-corrected chi connectivity index (χ4v) is 4.46. The van der Waals surface area contributed by atoms with E-state index < -0.39 is 0 Å². The summed E-state index contributed by atoms with van der Waals surface area (Å²) in [6, 6.07) is 16.0. The Bertz CT molecular complexity index is 585. The van der Waals surface area contributed by atoms with Crippen molar-refractivity contribution in [1.29, 1.82) is 0 Å². The van der Waals surface area contributed by atoms with E-state index in [1.165, 1.54) is 75.0 Å². The lowest BCUT2D eigenvalue weighted by atomic mass is 9.65. The normalized spacial score (nSPS) is 17.7. The zero-order chi connectivity index (χ0) is 15.3. The second-order valence-electron chi connectivity index (χ2n) is 7.18. The molecule has 0 amide bonds. The van der Waals surface area contributed by atoms with Gasteiger partial charge in [0, 0.05) is 0 Å². The van der Waals surface area contributed by atoms with E-state index in [1.54, 1.807) is 5.56 Å². The van der Waals surface area contributed by atoms with Gasteiger partial charge in [-0.05, 0) is 41.0 Å². The molecule has 2 aromatic carbocycles. The van der Waals surface area contributed by atoms with Gasteiger partial charge in [-0.2, -0.15) is 0 Å². The first-order valence-corrected chi connectivity index (χ1v) is 9.34. The molecule has 0 spiro atoms. The van der Waals surface area contributed by atoms with Crippen LogP contribution in [0.4, 0.5) is 0 Å². The molecule has 0 radical (unpaired) electrons. The van der Waals surface area contributed by atoms with Crippen LogP contribution in [0.3, 0.4) is 0 Å². The second kappa shape index (κ2) is 7.31. The van der Waals surface area contributed by atoms with Crippen LogP contribution in [-0.2, 0) is 5.41 Å². The van der Waals surface area contributed by atoms with Crippen LogP contribution in [0.25, 0.3) is 10.8 Å². The van der Waals surface area contributed by atoms with E-state index in [4.69, 9.17) is 0 Å². The fourth-order valence-electron chi connectivity index (χ4n) is 4.46. The zero-order valence-corrected chi connectivity index (χ0v) is 14.1. The predicted molar refractivity (Wildman–Crippen MR) is 97.5 cm³/mol. The van der Waals surface area contributed by atoms with Gasteiger partial charge in [0.05, 0.1) is 0 Å². The van der Waals surface area contributed by atoms with Crippen LogP contribution in [0.15, 0.2) is 42.5 Å². The van der Waals surface area contributed by atoms with Crippen LogP contribution in [0.1, 0.15) is 76.7 Å². The molecule has 0 N–H and O–H groups in total. The van der Waals surface area contributed by atoms with Gasteiger partial charge >= 0.3 is 0 Å². The third kappa shape index (κ3) is 3.21. The predicted octanol–water partition coefficient (Wildman–Crippen LogP) is 7.01. The van der Waals surface area contributed by atoms with Gasteiger partial charge in [0.15, 0.2) is 0 Å². The van der Waals surface area contributed by atoms with Crippen molar-refractivity contribution in [3.8, 4) is 0 Å². The summed E-state index contributed by atoms with van der Waals surface area (Å²) in [6.45, 7) is 2.31. The summed E-state index contributed by atoms with van der Waals surface area (Å²) < 4.78 is 0. The fraction of sp³-hybridized carbons (Fsp3) is 0.545. The summed E-state index contributed by atoms with van der Waals surface area (Å²) in [4.78, 5) is 0. The SMILES string of the molecule is CCCCCCC1(c2cccc3ccccc23)CCCCC1. The lowest BCUT2D eigenvalue weighted by molar-refractivity contribution is 0.267. The van der Waals surface area contributed by atoms with Crippen molar-refractivity contribution in [3.63, 3.8) is 0 Å². The number of benzene rings is 2. The molecule has 0 aromatic heterocycles. The van der Waals surface area contributed by atoms with E-state index in [0.29, 0.717) is 5.41 Å². The first kappa shape index (κ1) is 15.6. The first-order valence-electron chi connectivity index (χ1n) is 9.34. The van der Waals surface area contributed by atoms with Gasteiger partial charge in [-0.15, -0.1) is 0 Å². The maximum Gasteiger partial charge on any atom is -0.00408 e. The number of hydrogen-bond donors (Lipinski definition) is 0. The van der Waals surface area contributed by atoms with Crippen molar-refractivity contribution in [3.05, 3.63) is 48.0 Å². The molecule has 1 aliphatic carbocycles. The van der Waals surface area contributed by atoms with Crippen LogP contribution < -0.4 is 0 Å². The van der Waals surface area contributed by atoms with E-state index in [2.05, 4.69) is 49.4 Å². The van der Waals surface area contributed by atoms with Crippen molar-refractivity contribution in [2.75, 3.05) is 0 Å². The molecule has 1 saturated carbocycles. The zero-order valence-electron chi connectivity index (χ0n) is 14.1. The summed E-state index contributed by atoms with van der Waals surface area (Å²) in [5, 5.41) is 2.92. The Labute approximate surface area is 135 Å². The second-order valence-corrected chi connectivity index (χ2v) is 7.18. The molecular weight excluding hydrogens is 264 g/mol. The van der Waals surface area contributed by atoms with E-state index in [9.17, 15) is 0 Å². The molecule has 0 heterocycles. The lowest BCUT2D eigenvalue weighted by Crippen LogP contribution is -2.29. The van der Waals surface area contributed by atoms with Gasteiger partial charge in [0.1, 0.15) is 0 Å². The number of rotatable bonds is 6. The molecule has 0 nitrogen and oxygen atoms in total. The average molecular weight is 294 g/mol. The summed E-state index contributed by atoms with van der Waals surface area (Å²) in [6.07, 6.45) is 14.0. The van der Waals surface area contributed by atoms with Crippen LogP contribution in [0.2, 0.25) is 0 Å². The van der Waals surface area contributed by atoms with E-state index >= 15 is 0 Å². The Morgan fingerprint density at radius 1 is 0.818 bits per heavy atom. The molecule has 0 atom stereocenters. The van der Waals surface area contributed by atoms with Crippen molar-refractivity contribution >= 4 is 10.8 Å². The topological polar surface area (TPSA) is 0 Å². The van der Waals surface area contributed by atoms with E-state index in [0.717, 1.165) is 0 Å². The van der Waals surface area contributed by atoms with Crippen molar-refractivity contribution in [2.45, 2.75) is 76.5 Å². The van der Waals surface area contributed by atoms with E-state index in [-0.39, 0.29) is 0 Å². The van der Waals surface area contributed by atoms with Crippen molar-refractivity contribution < 1.29 is 0 Å². The standard InChI is InChI=1S/C22H30/c1-2-3-4-8-16-22(17-9-5-10-18-22)21-15-11-13-19-12-6-7-14-20(19)21/h6-7,11-15H,2-5,8-10,16-18H2,1H3. The van der Waals surface area contributed by atoms with Gasteiger partial charge in [0.2, 0.25) is 0 Å². The molecule has 1 aliphatic rings. The Morgan fingerprint density at radius 2 is 1.59 bits per heavy atom. The Kier molecular flexibility index (Phi) is 5.18. The summed E-state index contributed by atoms with van der Waals surface area (Å²) in [5.74, 6) is 0. The van der Waals surface area contributed by atoms with Gasteiger partial charge < -0.3 is 0 Å². The minimum Gasteiger partial charge on any atom is -0.0654 e. The summed E-state index contributed by atoms with van der Waals surface area (Å²) >= 11 is 0. The Morgan fingerprint density at radius 3 is 2.41 bits per heavy atom. The number of unbranched alkanes of at least 4 members (excludes halogenated alkanes) is 3. The minimum atomic E-state index is 0.451. The maximum absolute atomic E-state index is 2.42. The molecule has 0 heteroatoms. The lowest BCUT2D eigenvalue weighted by Gasteiger charge is -2.39. The van der Waals surface area contributed by atoms with Crippen LogP contribution in [0, 0.1) is 0 Å². The molecule has 0 aliphatic heterocycles. The largest absolute Gasteiger partial charge is 0.0654 e. The molecule has 22 heavy (non-hydrogen) atoms. The van der Waals surface area contributed by atoms with Crippen LogP contribution in [-0.4, -0.2) is 0 Å². The third-order valence-electron chi connectivity index (χ3n) is 5.68. The molecular formula is C22H30. The highest BCUT2D eigenvalue weighted by molar-refractivity contribution is 5.86. The smallest absolute Gasteiger partial charge is 0.00408 e. The van der Waals surface area contributed by atoms with Gasteiger partial charge in [0.25, 0.3) is 0 Å². The number of fused-ring (bicyclic) bond motifs is 1. The first-order chi connectivity index (χ1) is 10.9. The van der Waals surface area contributed by atoms with Crippen LogP contribution >= 0.6 is 0 Å². The summed E-state index contributed by atoms with van der Waals surface area (Å²) in [7, 11) is 0. The maximum atomic E-state index is 2.42. The molecule has 118 valence electrons. The monoisotopic (exact) mass is 294 g/mol. The van der Waals surface area contributed by atoms with Gasteiger partial charge in [-0.25, -0.2) is 0 Å². The highest BCUT2D eigenvalue weighted by Crippen LogP contribution is 2.45. The molecule has 0 unspecified atom stereocenters. The van der Waals surface area contributed by atoms with Gasteiger partial charge in [-0.3, -0.25) is 0 Å². The molecule has 2 aromatic rings. The van der Waals surface area contributed by atoms with E-state index in [1.807, 2.05) is 0 Å². The molecule has 1 fully saturated rings. The highest BCUT2D eigenvalue weighted by Gasteiger charge is 2.34. The van der Waals surface area contributed by atoms with Gasteiger partial charge in [-0.1, -0.05) is 94.3 Å². The highest BCUT2D eigenvalue weighted by atomic mass is 14.4. The number of hydrogen-bond acceptors (Lipinski definition) is 0. The Balaban J connectivity index is 1.93. The molecule has 0 saturated heterocycles. The Hall–Kier alpha value is -1.30. The molecule has 0 bridgehead atoms. The van der Waals surface area contributed by atoms with Crippen molar-refractivity contribution in [1.82, 2.24) is 0 Å². The third-order valence-corrected chi connectivity index (χ3v) is 5.68. The summed E-state index contributed by atoms with van der Waals surface area (Å²) in [5.41, 5.74) is 2.09. The minimum absolute atomic E-state index is 0.451. The van der Waals surface area contributed by atoms with Crippen LogP contribution in [0.5, 0.6) is 0 Å². The molecule has 3 rings (SSSR count).